The van der Waals surface area contributed by atoms with Gasteiger partial charge >= 0.3 is 5.97 Å². The zero-order valence-electron chi connectivity index (χ0n) is 10.2. The van der Waals surface area contributed by atoms with Crippen LogP contribution in [0.2, 0.25) is 0 Å². The molecule has 2 heterocycles. The van der Waals surface area contributed by atoms with Crippen LogP contribution in [0.3, 0.4) is 0 Å². The number of carboxylic acids is 1. The van der Waals surface area contributed by atoms with Gasteiger partial charge in [-0.1, -0.05) is 6.92 Å². The maximum absolute atomic E-state index is 12.1. The summed E-state index contributed by atoms with van der Waals surface area (Å²) < 4.78 is 0. The summed E-state index contributed by atoms with van der Waals surface area (Å²) in [5.74, 6) is -1.03. The van der Waals surface area contributed by atoms with Gasteiger partial charge in [0.15, 0.2) is 0 Å². The third-order valence-corrected chi connectivity index (χ3v) is 3.58. The van der Waals surface area contributed by atoms with E-state index in [1.165, 1.54) is 18.7 Å². The van der Waals surface area contributed by atoms with Crippen LogP contribution in [0.15, 0.2) is 18.7 Å². The number of aliphatic carboxylic acids is 1. The van der Waals surface area contributed by atoms with Crippen LogP contribution in [0.5, 0.6) is 0 Å². The minimum absolute atomic E-state index is 0.202. The first-order valence-electron chi connectivity index (χ1n) is 5.87. The molecule has 6 heteroatoms. The Morgan fingerprint density at radius 2 is 2.11 bits per heavy atom. The molecule has 6 nitrogen and oxygen atoms in total. The van der Waals surface area contributed by atoms with Gasteiger partial charge in [0.2, 0.25) is 0 Å². The second-order valence-corrected chi connectivity index (χ2v) is 4.54. The number of carboxylic acid groups (broad SMARTS) is 1. The zero-order chi connectivity index (χ0) is 13.2. The average Bonchev–Trinajstić information content (AvgIpc) is 2.84. The molecule has 1 aliphatic heterocycles. The Labute approximate surface area is 105 Å². The molecule has 0 radical (unpaired) electrons. The Hall–Kier alpha value is -1.98. The number of hydrogen-bond donors (Lipinski definition) is 1. The predicted octanol–water partition coefficient (Wildman–Crippen LogP) is 0.803. The largest absolute Gasteiger partial charge is 0.481 e. The minimum atomic E-state index is -0.829. The zero-order valence-corrected chi connectivity index (χ0v) is 10.2. The fourth-order valence-corrected chi connectivity index (χ4v) is 2.25. The van der Waals surface area contributed by atoms with Crippen molar-refractivity contribution in [3.63, 3.8) is 0 Å². The van der Waals surface area contributed by atoms with Crippen LogP contribution in [0.1, 0.15) is 30.1 Å². The van der Waals surface area contributed by atoms with E-state index in [0.29, 0.717) is 24.9 Å². The lowest BCUT2D eigenvalue weighted by molar-refractivity contribution is -0.148. The molecule has 1 aliphatic rings. The van der Waals surface area contributed by atoms with Crippen molar-refractivity contribution in [2.24, 2.45) is 5.41 Å². The van der Waals surface area contributed by atoms with Gasteiger partial charge in [-0.3, -0.25) is 9.59 Å². The first kappa shape index (κ1) is 12.5. The molecule has 0 aliphatic carbocycles. The summed E-state index contributed by atoms with van der Waals surface area (Å²) in [4.78, 5) is 32.6. The van der Waals surface area contributed by atoms with Gasteiger partial charge in [-0.25, -0.2) is 9.97 Å². The van der Waals surface area contributed by atoms with Gasteiger partial charge in [-0.2, -0.15) is 0 Å². The molecule has 1 atom stereocenters. The highest BCUT2D eigenvalue weighted by Gasteiger charge is 2.44. The maximum atomic E-state index is 12.1. The molecule has 96 valence electrons. The van der Waals surface area contributed by atoms with E-state index in [2.05, 4.69) is 9.97 Å². The van der Waals surface area contributed by atoms with Gasteiger partial charge in [-0.05, 0) is 12.8 Å². The third-order valence-electron chi connectivity index (χ3n) is 3.58. The molecule has 1 amide bonds. The Morgan fingerprint density at radius 3 is 2.61 bits per heavy atom. The Kier molecular flexibility index (Phi) is 3.27. The van der Waals surface area contributed by atoms with Gasteiger partial charge in [0, 0.05) is 25.5 Å². The lowest BCUT2D eigenvalue weighted by atomic mass is 9.84. The molecule has 18 heavy (non-hydrogen) atoms. The van der Waals surface area contributed by atoms with Crippen LogP contribution in [0.25, 0.3) is 0 Å². The minimum Gasteiger partial charge on any atom is -0.481 e. The number of carbonyl (C=O) groups excluding carboxylic acids is 1. The van der Waals surface area contributed by atoms with E-state index in [-0.39, 0.29) is 12.5 Å². The maximum Gasteiger partial charge on any atom is 0.311 e. The van der Waals surface area contributed by atoms with Gasteiger partial charge in [-0.15, -0.1) is 0 Å². The molecule has 1 saturated heterocycles. The first-order chi connectivity index (χ1) is 8.59. The molecule has 1 fully saturated rings. The first-order valence-corrected chi connectivity index (χ1v) is 5.87. The second-order valence-electron chi connectivity index (χ2n) is 4.54. The number of hydrogen-bond acceptors (Lipinski definition) is 4. The Bertz CT molecular complexity index is 463. The Balaban J connectivity index is 2.14. The van der Waals surface area contributed by atoms with E-state index in [9.17, 15) is 14.7 Å². The average molecular weight is 249 g/mol. The summed E-state index contributed by atoms with van der Waals surface area (Å²) in [6.07, 6.45) is 5.27. The molecule has 0 aromatic carbocycles. The fraction of sp³-hybridized carbons (Fsp3) is 0.500. The van der Waals surface area contributed by atoms with E-state index >= 15 is 0 Å². The second kappa shape index (κ2) is 4.72. The van der Waals surface area contributed by atoms with Crippen LogP contribution in [0.4, 0.5) is 0 Å². The summed E-state index contributed by atoms with van der Waals surface area (Å²) in [6.45, 7) is 2.56. The molecule has 0 spiro atoms. The fourth-order valence-electron chi connectivity index (χ4n) is 2.25. The van der Waals surface area contributed by atoms with Crippen molar-refractivity contribution in [3.05, 3.63) is 24.3 Å². The molecule has 2 rings (SSSR count). The van der Waals surface area contributed by atoms with E-state index < -0.39 is 11.4 Å². The highest BCUT2D eigenvalue weighted by Crippen LogP contribution is 2.34. The standard InChI is InChI=1S/C12H15N3O3/c1-2-12(11(17)18)3-4-15(7-12)10(16)9-5-13-8-14-6-9/h5-6,8H,2-4,7H2,1H3,(H,17,18). The van der Waals surface area contributed by atoms with Gasteiger partial charge < -0.3 is 10.0 Å². The van der Waals surface area contributed by atoms with Crippen molar-refractivity contribution in [1.82, 2.24) is 14.9 Å². The van der Waals surface area contributed by atoms with E-state index in [1.807, 2.05) is 6.92 Å². The molecule has 1 aromatic rings. The van der Waals surface area contributed by atoms with Crippen molar-refractivity contribution in [2.75, 3.05) is 13.1 Å². The number of amides is 1. The smallest absolute Gasteiger partial charge is 0.311 e. The molecule has 0 bridgehead atoms. The monoisotopic (exact) mass is 249 g/mol. The number of carbonyl (C=O) groups is 2. The van der Waals surface area contributed by atoms with Crippen LogP contribution in [-0.4, -0.2) is 44.9 Å². The lowest BCUT2D eigenvalue weighted by Crippen LogP contribution is -2.36. The number of aromatic nitrogens is 2. The topological polar surface area (TPSA) is 83.4 Å². The molecule has 1 unspecified atom stereocenters. The molecule has 1 N–H and O–H groups in total. The van der Waals surface area contributed by atoms with E-state index in [1.54, 1.807) is 4.90 Å². The Morgan fingerprint density at radius 1 is 1.44 bits per heavy atom. The normalized spacial score (nSPS) is 23.1. The number of nitrogens with zero attached hydrogens (tertiary/aromatic N) is 3. The van der Waals surface area contributed by atoms with Gasteiger partial charge in [0.1, 0.15) is 6.33 Å². The number of likely N-dealkylation sites (tertiary alicyclic amines) is 1. The summed E-state index contributed by atoms with van der Waals surface area (Å²) in [7, 11) is 0. The van der Waals surface area contributed by atoms with Crippen LogP contribution < -0.4 is 0 Å². The number of rotatable bonds is 3. The molecular formula is C12H15N3O3. The van der Waals surface area contributed by atoms with Crippen LogP contribution in [0, 0.1) is 5.41 Å². The van der Waals surface area contributed by atoms with Crippen LogP contribution in [-0.2, 0) is 4.79 Å². The third kappa shape index (κ3) is 2.05. The summed E-state index contributed by atoms with van der Waals surface area (Å²) >= 11 is 0. The molecular weight excluding hydrogens is 234 g/mol. The van der Waals surface area contributed by atoms with E-state index in [4.69, 9.17) is 0 Å². The van der Waals surface area contributed by atoms with Crippen LogP contribution >= 0.6 is 0 Å². The predicted molar refractivity (Wildman–Crippen MR) is 62.9 cm³/mol. The van der Waals surface area contributed by atoms with Crippen molar-refractivity contribution in [2.45, 2.75) is 19.8 Å². The molecule has 1 aromatic heterocycles. The lowest BCUT2D eigenvalue weighted by Gasteiger charge is -2.22. The van der Waals surface area contributed by atoms with Crippen molar-refractivity contribution < 1.29 is 14.7 Å². The highest BCUT2D eigenvalue weighted by atomic mass is 16.4. The summed E-state index contributed by atoms with van der Waals surface area (Å²) in [5, 5.41) is 9.27. The highest BCUT2D eigenvalue weighted by molar-refractivity contribution is 5.94. The summed E-state index contributed by atoms with van der Waals surface area (Å²) in [6, 6.07) is 0. The van der Waals surface area contributed by atoms with Crippen molar-refractivity contribution in [1.29, 1.82) is 0 Å². The van der Waals surface area contributed by atoms with Crippen molar-refractivity contribution >= 4 is 11.9 Å². The van der Waals surface area contributed by atoms with E-state index in [0.717, 1.165) is 0 Å². The van der Waals surface area contributed by atoms with Crippen molar-refractivity contribution in [3.8, 4) is 0 Å². The van der Waals surface area contributed by atoms with Gasteiger partial charge in [0.25, 0.3) is 5.91 Å². The summed E-state index contributed by atoms with van der Waals surface area (Å²) in [5.41, 5.74) is -0.402. The SMILES string of the molecule is CCC1(C(=O)O)CCN(C(=O)c2cncnc2)C1. The van der Waals surface area contributed by atoms with Gasteiger partial charge in [0.05, 0.1) is 11.0 Å². The quantitative estimate of drug-likeness (QED) is 0.856. The molecule has 0 saturated carbocycles.